The predicted molar refractivity (Wildman–Crippen MR) is 94.0 cm³/mol. The van der Waals surface area contributed by atoms with Gasteiger partial charge in [0.25, 0.3) is 0 Å². The molecular formula is C19H37NO2. The monoisotopic (exact) mass is 311 g/mol. The highest BCUT2D eigenvalue weighted by molar-refractivity contribution is 5.75. The van der Waals surface area contributed by atoms with Crippen molar-refractivity contribution in [3.8, 4) is 0 Å². The smallest absolute Gasteiger partial charge is 0.219 e. The summed E-state index contributed by atoms with van der Waals surface area (Å²) in [7, 11) is 0. The van der Waals surface area contributed by atoms with Gasteiger partial charge in [-0.15, -0.1) is 0 Å². The zero-order chi connectivity index (χ0) is 16.3. The zero-order valence-electron chi connectivity index (χ0n) is 14.7. The summed E-state index contributed by atoms with van der Waals surface area (Å²) in [5, 5.41) is 3.02. The third-order valence-electron chi connectivity index (χ3n) is 4.08. The van der Waals surface area contributed by atoms with Crippen LogP contribution < -0.4 is 5.32 Å². The fraction of sp³-hybridized carbons (Fsp3) is 0.895. The molecule has 1 amide bonds. The standard InChI is InChI=1S/C19H37NO2/c1-2-3-4-5-6-8-11-14-17-20-19(22)16-13-10-7-9-12-15-18-21/h18H,2-17H2,1H3,(H,20,22). The van der Waals surface area contributed by atoms with Crippen LogP contribution >= 0.6 is 0 Å². The lowest BCUT2D eigenvalue weighted by molar-refractivity contribution is -0.121. The topological polar surface area (TPSA) is 46.2 Å². The van der Waals surface area contributed by atoms with E-state index in [1.165, 1.54) is 44.9 Å². The Morgan fingerprint density at radius 2 is 1.32 bits per heavy atom. The second kappa shape index (κ2) is 18.2. The van der Waals surface area contributed by atoms with Crippen LogP contribution in [0.5, 0.6) is 0 Å². The number of nitrogens with one attached hydrogen (secondary N) is 1. The quantitative estimate of drug-likeness (QED) is 0.297. The van der Waals surface area contributed by atoms with Crippen LogP contribution in [0, 0.1) is 0 Å². The van der Waals surface area contributed by atoms with Gasteiger partial charge in [-0.05, 0) is 19.3 Å². The first kappa shape index (κ1) is 21.1. The van der Waals surface area contributed by atoms with E-state index in [-0.39, 0.29) is 5.91 Å². The molecule has 0 radical (unpaired) electrons. The third kappa shape index (κ3) is 17.2. The Morgan fingerprint density at radius 3 is 1.95 bits per heavy atom. The largest absolute Gasteiger partial charge is 0.356 e. The molecule has 0 aliphatic rings. The summed E-state index contributed by atoms with van der Waals surface area (Å²) in [6.07, 6.45) is 18.1. The maximum atomic E-state index is 11.6. The van der Waals surface area contributed by atoms with Gasteiger partial charge in [-0.2, -0.15) is 0 Å². The van der Waals surface area contributed by atoms with Gasteiger partial charge in [-0.3, -0.25) is 4.79 Å². The van der Waals surface area contributed by atoms with Gasteiger partial charge in [-0.25, -0.2) is 0 Å². The van der Waals surface area contributed by atoms with Gasteiger partial charge in [0.05, 0.1) is 0 Å². The van der Waals surface area contributed by atoms with E-state index in [1.54, 1.807) is 0 Å². The van der Waals surface area contributed by atoms with Crippen LogP contribution in [0.15, 0.2) is 0 Å². The Kier molecular flexibility index (Phi) is 17.5. The van der Waals surface area contributed by atoms with E-state index in [2.05, 4.69) is 12.2 Å². The average molecular weight is 312 g/mol. The summed E-state index contributed by atoms with van der Waals surface area (Å²) < 4.78 is 0. The van der Waals surface area contributed by atoms with Crippen molar-refractivity contribution in [2.24, 2.45) is 0 Å². The second-order valence-corrected chi connectivity index (χ2v) is 6.30. The Morgan fingerprint density at radius 1 is 0.773 bits per heavy atom. The summed E-state index contributed by atoms with van der Waals surface area (Å²) in [6.45, 7) is 3.09. The van der Waals surface area contributed by atoms with Gasteiger partial charge < -0.3 is 10.1 Å². The van der Waals surface area contributed by atoms with Gasteiger partial charge in [-0.1, -0.05) is 71.1 Å². The molecule has 0 aromatic rings. The molecule has 3 heteroatoms. The highest BCUT2D eigenvalue weighted by Gasteiger charge is 2.00. The Hall–Kier alpha value is -0.860. The summed E-state index contributed by atoms with van der Waals surface area (Å²) in [5.74, 6) is 0.204. The molecule has 0 spiro atoms. The van der Waals surface area contributed by atoms with Crippen molar-refractivity contribution in [1.82, 2.24) is 5.32 Å². The van der Waals surface area contributed by atoms with Crippen LogP contribution in [0.3, 0.4) is 0 Å². The first-order chi connectivity index (χ1) is 10.8. The van der Waals surface area contributed by atoms with Gasteiger partial charge in [0, 0.05) is 19.4 Å². The minimum atomic E-state index is 0.204. The SMILES string of the molecule is CCCCCCCCCCNC(=O)CCCCCCCC=O. The normalized spacial score (nSPS) is 10.6. The van der Waals surface area contributed by atoms with Crippen molar-refractivity contribution in [3.05, 3.63) is 0 Å². The molecule has 1 N–H and O–H groups in total. The molecule has 0 aromatic heterocycles. The molecule has 0 atom stereocenters. The molecule has 0 unspecified atom stereocenters. The van der Waals surface area contributed by atoms with E-state index < -0.39 is 0 Å². The summed E-state index contributed by atoms with van der Waals surface area (Å²) in [4.78, 5) is 21.8. The van der Waals surface area contributed by atoms with Gasteiger partial charge in [0.15, 0.2) is 0 Å². The fourth-order valence-corrected chi connectivity index (χ4v) is 2.62. The molecule has 0 aromatic carbocycles. The van der Waals surface area contributed by atoms with Gasteiger partial charge in [0.2, 0.25) is 5.91 Å². The van der Waals surface area contributed by atoms with Gasteiger partial charge in [0.1, 0.15) is 6.29 Å². The van der Waals surface area contributed by atoms with Crippen LogP contribution in [0.4, 0.5) is 0 Å². The third-order valence-corrected chi connectivity index (χ3v) is 4.08. The molecule has 0 aliphatic heterocycles. The van der Waals surface area contributed by atoms with Crippen molar-refractivity contribution >= 4 is 12.2 Å². The predicted octanol–water partition coefficient (Wildman–Crippen LogP) is 5.17. The molecule has 130 valence electrons. The summed E-state index contributed by atoms with van der Waals surface area (Å²) >= 11 is 0. The summed E-state index contributed by atoms with van der Waals surface area (Å²) in [6, 6.07) is 0. The molecule has 22 heavy (non-hydrogen) atoms. The number of unbranched alkanes of at least 4 members (excludes halogenated alkanes) is 12. The van der Waals surface area contributed by atoms with E-state index in [1.807, 2.05) is 0 Å². The van der Waals surface area contributed by atoms with Crippen LogP contribution in [-0.4, -0.2) is 18.7 Å². The molecule has 0 heterocycles. The van der Waals surface area contributed by atoms with Crippen molar-refractivity contribution in [3.63, 3.8) is 0 Å². The first-order valence-electron chi connectivity index (χ1n) is 9.51. The van der Waals surface area contributed by atoms with E-state index in [0.717, 1.165) is 51.4 Å². The number of hydrogen-bond acceptors (Lipinski definition) is 2. The van der Waals surface area contributed by atoms with Crippen molar-refractivity contribution in [1.29, 1.82) is 0 Å². The number of rotatable bonds is 17. The highest BCUT2D eigenvalue weighted by atomic mass is 16.1. The Labute approximate surface area is 137 Å². The van der Waals surface area contributed by atoms with E-state index in [9.17, 15) is 9.59 Å². The number of carbonyl (C=O) groups excluding carboxylic acids is 2. The van der Waals surface area contributed by atoms with Crippen molar-refractivity contribution in [2.45, 2.75) is 103 Å². The van der Waals surface area contributed by atoms with E-state index >= 15 is 0 Å². The molecule has 3 nitrogen and oxygen atoms in total. The molecule has 0 bridgehead atoms. The zero-order valence-corrected chi connectivity index (χ0v) is 14.7. The molecule has 0 fully saturated rings. The number of hydrogen-bond donors (Lipinski definition) is 1. The minimum absolute atomic E-state index is 0.204. The van der Waals surface area contributed by atoms with Crippen LogP contribution in [0.25, 0.3) is 0 Å². The number of amides is 1. The van der Waals surface area contributed by atoms with Crippen LogP contribution in [0.1, 0.15) is 103 Å². The maximum Gasteiger partial charge on any atom is 0.219 e. The molecule has 0 rings (SSSR count). The van der Waals surface area contributed by atoms with E-state index in [4.69, 9.17) is 0 Å². The van der Waals surface area contributed by atoms with Crippen molar-refractivity contribution in [2.75, 3.05) is 6.54 Å². The van der Waals surface area contributed by atoms with Gasteiger partial charge >= 0.3 is 0 Å². The lowest BCUT2D eigenvalue weighted by Crippen LogP contribution is -2.23. The first-order valence-corrected chi connectivity index (χ1v) is 9.51. The molecule has 0 saturated heterocycles. The average Bonchev–Trinajstić information content (AvgIpc) is 2.52. The highest BCUT2D eigenvalue weighted by Crippen LogP contribution is 2.08. The number of aldehydes is 1. The molecule has 0 saturated carbocycles. The Balaban J connectivity index is 3.14. The lowest BCUT2D eigenvalue weighted by atomic mass is 10.1. The second-order valence-electron chi connectivity index (χ2n) is 6.30. The number of carbonyl (C=O) groups is 2. The molecular weight excluding hydrogens is 274 g/mol. The maximum absolute atomic E-state index is 11.6. The fourth-order valence-electron chi connectivity index (χ4n) is 2.62. The minimum Gasteiger partial charge on any atom is -0.356 e. The Bertz CT molecular complexity index is 254. The van der Waals surface area contributed by atoms with Crippen LogP contribution in [-0.2, 0) is 9.59 Å². The van der Waals surface area contributed by atoms with E-state index in [0.29, 0.717) is 12.8 Å². The molecule has 0 aliphatic carbocycles. The van der Waals surface area contributed by atoms with Crippen LogP contribution in [0.2, 0.25) is 0 Å². The lowest BCUT2D eigenvalue weighted by Gasteiger charge is -2.05. The van der Waals surface area contributed by atoms with Crippen molar-refractivity contribution < 1.29 is 9.59 Å². The summed E-state index contributed by atoms with van der Waals surface area (Å²) in [5.41, 5.74) is 0.